The molecule has 0 unspecified atom stereocenters. The summed E-state index contributed by atoms with van der Waals surface area (Å²) in [6.07, 6.45) is 3.70. The second-order valence-electron chi connectivity index (χ2n) is 5.20. The number of hydrogen-bond donors (Lipinski definition) is 1. The zero-order chi connectivity index (χ0) is 14.9. The van der Waals surface area contributed by atoms with Gasteiger partial charge in [-0.05, 0) is 18.2 Å². The summed E-state index contributed by atoms with van der Waals surface area (Å²) in [6.45, 7) is 0.772. The van der Waals surface area contributed by atoms with Gasteiger partial charge in [-0.2, -0.15) is 11.8 Å². The molecule has 0 radical (unpaired) electrons. The van der Waals surface area contributed by atoms with Crippen molar-refractivity contribution in [1.82, 2.24) is 14.9 Å². The lowest BCUT2D eigenvalue weighted by Crippen LogP contribution is -2.40. The lowest BCUT2D eigenvalue weighted by Gasteiger charge is -2.34. The van der Waals surface area contributed by atoms with Crippen LogP contribution >= 0.6 is 23.1 Å². The van der Waals surface area contributed by atoms with Crippen LogP contribution in [0.15, 0.2) is 42.0 Å². The smallest absolute Gasteiger partial charge is 0.255 e. The van der Waals surface area contributed by atoms with Crippen molar-refractivity contribution in [2.24, 2.45) is 0 Å². The molecule has 3 heterocycles. The van der Waals surface area contributed by atoms with E-state index in [0.717, 1.165) is 39.5 Å². The normalized spacial score (nSPS) is 18.7. The van der Waals surface area contributed by atoms with Crippen molar-refractivity contribution in [1.29, 1.82) is 0 Å². The van der Waals surface area contributed by atoms with Gasteiger partial charge in [0.2, 0.25) is 0 Å². The lowest BCUT2D eigenvalue weighted by molar-refractivity contribution is 0.0703. The van der Waals surface area contributed by atoms with E-state index in [0.29, 0.717) is 0 Å². The topological polar surface area (TPSA) is 49.0 Å². The fourth-order valence-corrected chi connectivity index (χ4v) is 4.79. The standard InChI is InChI=1S/C16H15N3OS2/c20-16(12-2-1-3-13-11(12)4-5-17-13)19-7-9-21-10-14(19)15-18-6-8-22-15/h1-6,8,14,17H,7,9-10H2/t14-/m0/s1. The van der Waals surface area contributed by atoms with Crippen LogP contribution in [-0.2, 0) is 0 Å². The van der Waals surface area contributed by atoms with Crippen LogP contribution in [0, 0.1) is 0 Å². The van der Waals surface area contributed by atoms with E-state index in [9.17, 15) is 4.79 Å². The van der Waals surface area contributed by atoms with Crippen LogP contribution in [0.4, 0.5) is 0 Å². The van der Waals surface area contributed by atoms with Gasteiger partial charge in [0, 0.05) is 52.3 Å². The number of hydrogen-bond acceptors (Lipinski definition) is 4. The van der Waals surface area contributed by atoms with Gasteiger partial charge in [0.15, 0.2) is 0 Å². The maximum absolute atomic E-state index is 13.1. The van der Waals surface area contributed by atoms with Crippen molar-refractivity contribution in [3.63, 3.8) is 0 Å². The number of aromatic nitrogens is 2. The zero-order valence-electron chi connectivity index (χ0n) is 11.9. The molecule has 22 heavy (non-hydrogen) atoms. The summed E-state index contributed by atoms with van der Waals surface area (Å²) >= 11 is 3.52. The Morgan fingerprint density at radius 3 is 3.18 bits per heavy atom. The number of thiazole rings is 1. The monoisotopic (exact) mass is 329 g/mol. The van der Waals surface area contributed by atoms with Gasteiger partial charge in [-0.3, -0.25) is 4.79 Å². The fourth-order valence-electron chi connectivity index (χ4n) is 2.88. The second-order valence-corrected chi connectivity index (χ2v) is 7.28. The maximum atomic E-state index is 13.1. The molecule has 0 aliphatic carbocycles. The fraction of sp³-hybridized carbons (Fsp3) is 0.250. The molecular formula is C16H15N3OS2. The summed E-state index contributed by atoms with van der Waals surface area (Å²) in [5.74, 6) is 2.00. The third kappa shape index (κ3) is 2.32. The van der Waals surface area contributed by atoms with E-state index in [4.69, 9.17) is 0 Å². The number of nitrogens with zero attached hydrogens (tertiary/aromatic N) is 2. The molecule has 0 saturated carbocycles. The summed E-state index contributed by atoms with van der Waals surface area (Å²) in [5, 5.41) is 4.00. The highest BCUT2D eigenvalue weighted by Gasteiger charge is 2.31. The Bertz CT molecular complexity index is 797. The summed E-state index contributed by atoms with van der Waals surface area (Å²) in [6, 6.07) is 7.90. The first-order chi connectivity index (χ1) is 10.8. The van der Waals surface area contributed by atoms with Gasteiger partial charge in [-0.25, -0.2) is 4.98 Å². The molecule has 1 N–H and O–H groups in total. The van der Waals surface area contributed by atoms with Gasteiger partial charge in [-0.1, -0.05) is 6.07 Å². The molecule has 4 rings (SSSR count). The van der Waals surface area contributed by atoms with Crippen molar-refractivity contribution in [3.05, 3.63) is 52.6 Å². The molecular weight excluding hydrogens is 314 g/mol. The Morgan fingerprint density at radius 2 is 2.32 bits per heavy atom. The van der Waals surface area contributed by atoms with Crippen molar-refractivity contribution in [2.75, 3.05) is 18.1 Å². The van der Waals surface area contributed by atoms with Crippen LogP contribution in [0.5, 0.6) is 0 Å². The molecule has 1 amide bonds. The van der Waals surface area contributed by atoms with Gasteiger partial charge in [0.05, 0.1) is 6.04 Å². The van der Waals surface area contributed by atoms with Crippen LogP contribution in [-0.4, -0.2) is 38.8 Å². The largest absolute Gasteiger partial charge is 0.361 e. The minimum absolute atomic E-state index is 0.0837. The van der Waals surface area contributed by atoms with Gasteiger partial charge in [0.25, 0.3) is 5.91 Å². The van der Waals surface area contributed by atoms with E-state index in [-0.39, 0.29) is 11.9 Å². The molecule has 2 aromatic heterocycles. The third-order valence-electron chi connectivity index (χ3n) is 3.95. The van der Waals surface area contributed by atoms with Gasteiger partial charge in [-0.15, -0.1) is 11.3 Å². The zero-order valence-corrected chi connectivity index (χ0v) is 13.5. The molecule has 4 nitrogen and oxygen atoms in total. The number of fused-ring (bicyclic) bond motifs is 1. The van der Waals surface area contributed by atoms with Crippen molar-refractivity contribution >= 4 is 39.9 Å². The average molecular weight is 329 g/mol. The van der Waals surface area contributed by atoms with E-state index in [2.05, 4.69) is 9.97 Å². The number of nitrogens with one attached hydrogen (secondary N) is 1. The number of benzene rings is 1. The molecule has 6 heteroatoms. The molecule has 1 fully saturated rings. The van der Waals surface area contributed by atoms with Crippen LogP contribution in [0.25, 0.3) is 10.9 Å². The molecule has 1 aliphatic rings. The highest BCUT2D eigenvalue weighted by atomic mass is 32.2. The number of amides is 1. The number of aromatic amines is 1. The van der Waals surface area contributed by atoms with E-state index < -0.39 is 0 Å². The van der Waals surface area contributed by atoms with E-state index in [1.54, 1.807) is 11.3 Å². The van der Waals surface area contributed by atoms with Crippen LogP contribution in [0.2, 0.25) is 0 Å². The van der Waals surface area contributed by atoms with E-state index in [1.165, 1.54) is 0 Å². The molecule has 1 aromatic carbocycles. The highest BCUT2D eigenvalue weighted by molar-refractivity contribution is 7.99. The number of carbonyl (C=O) groups excluding carboxylic acids is 1. The Balaban J connectivity index is 1.72. The first-order valence-electron chi connectivity index (χ1n) is 7.19. The molecule has 112 valence electrons. The first kappa shape index (κ1) is 13.8. The maximum Gasteiger partial charge on any atom is 0.255 e. The molecule has 1 saturated heterocycles. The summed E-state index contributed by atoms with van der Waals surface area (Å²) in [5.41, 5.74) is 1.77. The number of rotatable bonds is 2. The third-order valence-corrected chi connectivity index (χ3v) is 5.85. The molecule has 1 atom stereocenters. The van der Waals surface area contributed by atoms with E-state index in [1.807, 2.05) is 58.7 Å². The van der Waals surface area contributed by atoms with Crippen molar-refractivity contribution in [3.8, 4) is 0 Å². The minimum Gasteiger partial charge on any atom is -0.361 e. The van der Waals surface area contributed by atoms with Gasteiger partial charge >= 0.3 is 0 Å². The number of carbonyl (C=O) groups is 1. The van der Waals surface area contributed by atoms with Crippen LogP contribution in [0.1, 0.15) is 21.4 Å². The summed E-state index contributed by atoms with van der Waals surface area (Å²) in [4.78, 5) is 22.7. The molecule has 3 aromatic rings. The van der Waals surface area contributed by atoms with Gasteiger partial charge < -0.3 is 9.88 Å². The van der Waals surface area contributed by atoms with Crippen molar-refractivity contribution in [2.45, 2.75) is 6.04 Å². The highest BCUT2D eigenvalue weighted by Crippen LogP contribution is 2.32. The first-order valence-corrected chi connectivity index (χ1v) is 9.22. The molecule has 1 aliphatic heterocycles. The number of H-pyrrole nitrogens is 1. The van der Waals surface area contributed by atoms with Gasteiger partial charge in [0.1, 0.15) is 5.01 Å². The Morgan fingerprint density at radius 1 is 1.36 bits per heavy atom. The Hall–Kier alpha value is -1.79. The quantitative estimate of drug-likeness (QED) is 0.782. The second kappa shape index (κ2) is 5.78. The molecule has 0 spiro atoms. The summed E-state index contributed by atoms with van der Waals surface area (Å²) in [7, 11) is 0. The van der Waals surface area contributed by atoms with Crippen LogP contribution in [0.3, 0.4) is 0 Å². The van der Waals surface area contributed by atoms with Crippen LogP contribution < -0.4 is 0 Å². The average Bonchev–Trinajstić information content (AvgIpc) is 3.25. The van der Waals surface area contributed by atoms with E-state index >= 15 is 0 Å². The lowest BCUT2D eigenvalue weighted by atomic mass is 10.1. The minimum atomic E-state index is 0.0837. The SMILES string of the molecule is O=C(c1cccc2[nH]ccc12)N1CCSC[C@H]1c1nccs1. The predicted octanol–water partition coefficient (Wildman–Crippen LogP) is 3.55. The summed E-state index contributed by atoms with van der Waals surface area (Å²) < 4.78 is 0. The number of thioether (sulfide) groups is 1. The predicted molar refractivity (Wildman–Crippen MR) is 91.5 cm³/mol. The Labute approximate surface area is 136 Å². The van der Waals surface area contributed by atoms with Crippen molar-refractivity contribution < 1.29 is 4.79 Å². The Kier molecular flexibility index (Phi) is 3.63. The molecule has 0 bridgehead atoms.